The first-order chi connectivity index (χ1) is 7.89. The van der Waals surface area contributed by atoms with Gasteiger partial charge in [-0.3, -0.25) is 4.79 Å². The molecule has 1 heterocycles. The van der Waals surface area contributed by atoms with Crippen LogP contribution in [0, 0.1) is 5.82 Å². The van der Waals surface area contributed by atoms with Crippen LogP contribution in [0.5, 0.6) is 0 Å². The van der Waals surface area contributed by atoms with Crippen molar-refractivity contribution in [2.75, 3.05) is 5.01 Å². The molecule has 0 saturated carbocycles. The number of anilines is 1. The number of rotatable bonds is 1. The van der Waals surface area contributed by atoms with Gasteiger partial charge in [0.2, 0.25) is 0 Å². The van der Waals surface area contributed by atoms with E-state index in [2.05, 4.69) is 5.10 Å². The standard InChI is InChI=1S/C10H6F4N2O/c11-6-3-1-2-4-7(6)16-9(17)5-8(15-16)10(12,13)14/h1-4H,5H2. The molecule has 7 heteroatoms. The van der Waals surface area contributed by atoms with Crippen molar-refractivity contribution in [3.8, 4) is 0 Å². The van der Waals surface area contributed by atoms with Crippen LogP contribution in [-0.2, 0) is 4.79 Å². The number of benzene rings is 1. The fraction of sp³-hybridized carbons (Fsp3) is 0.200. The van der Waals surface area contributed by atoms with Crippen molar-refractivity contribution in [1.82, 2.24) is 0 Å². The van der Waals surface area contributed by atoms with Crippen LogP contribution in [0.15, 0.2) is 29.4 Å². The molecule has 1 aliphatic heterocycles. The molecule has 0 unspecified atom stereocenters. The molecule has 0 fully saturated rings. The van der Waals surface area contributed by atoms with Gasteiger partial charge < -0.3 is 0 Å². The summed E-state index contributed by atoms with van der Waals surface area (Å²) >= 11 is 0. The molecule has 1 aromatic carbocycles. The van der Waals surface area contributed by atoms with Crippen molar-refractivity contribution in [3.05, 3.63) is 30.1 Å². The normalized spacial score (nSPS) is 16.4. The van der Waals surface area contributed by atoms with Gasteiger partial charge in [-0.25, -0.2) is 4.39 Å². The van der Waals surface area contributed by atoms with Crippen LogP contribution >= 0.6 is 0 Å². The van der Waals surface area contributed by atoms with Crippen LogP contribution in [-0.4, -0.2) is 17.8 Å². The Morgan fingerprint density at radius 1 is 1.24 bits per heavy atom. The summed E-state index contributed by atoms with van der Waals surface area (Å²) in [4.78, 5) is 11.3. The Morgan fingerprint density at radius 2 is 1.88 bits per heavy atom. The zero-order valence-corrected chi connectivity index (χ0v) is 8.33. The van der Waals surface area contributed by atoms with Gasteiger partial charge in [0.15, 0.2) is 5.71 Å². The smallest absolute Gasteiger partial charge is 0.272 e. The molecule has 0 bridgehead atoms. The average molecular weight is 246 g/mol. The van der Waals surface area contributed by atoms with E-state index in [4.69, 9.17) is 0 Å². The van der Waals surface area contributed by atoms with Gasteiger partial charge in [-0.2, -0.15) is 23.3 Å². The average Bonchev–Trinajstić information content (AvgIpc) is 2.61. The predicted molar refractivity (Wildman–Crippen MR) is 52.0 cm³/mol. The van der Waals surface area contributed by atoms with Crippen molar-refractivity contribution in [1.29, 1.82) is 0 Å². The van der Waals surface area contributed by atoms with Crippen LogP contribution in [0.2, 0.25) is 0 Å². The first kappa shape index (κ1) is 11.6. The Morgan fingerprint density at radius 3 is 2.41 bits per heavy atom. The number of carbonyl (C=O) groups is 1. The van der Waals surface area contributed by atoms with Crippen LogP contribution in [0.4, 0.5) is 23.2 Å². The Hall–Kier alpha value is -1.92. The number of carbonyl (C=O) groups excluding carboxylic acids is 1. The van der Waals surface area contributed by atoms with Gasteiger partial charge in [-0.15, -0.1) is 0 Å². The highest BCUT2D eigenvalue weighted by Crippen LogP contribution is 2.29. The number of hydrogen-bond donors (Lipinski definition) is 0. The molecule has 1 amide bonds. The quantitative estimate of drug-likeness (QED) is 0.700. The molecule has 0 atom stereocenters. The Bertz CT molecular complexity index is 495. The zero-order valence-electron chi connectivity index (χ0n) is 8.33. The van der Waals surface area contributed by atoms with E-state index in [9.17, 15) is 22.4 Å². The summed E-state index contributed by atoms with van der Waals surface area (Å²) in [6.07, 6.45) is -5.53. The van der Waals surface area contributed by atoms with Gasteiger partial charge >= 0.3 is 6.18 Å². The molecule has 0 aliphatic carbocycles. The maximum Gasteiger partial charge on any atom is 0.431 e. The summed E-state index contributed by atoms with van der Waals surface area (Å²) in [5.74, 6) is -1.70. The van der Waals surface area contributed by atoms with E-state index in [0.717, 1.165) is 6.07 Å². The fourth-order valence-electron chi connectivity index (χ4n) is 1.40. The third-order valence-corrected chi connectivity index (χ3v) is 2.18. The molecule has 1 aromatic rings. The van der Waals surface area contributed by atoms with Crippen LogP contribution < -0.4 is 5.01 Å². The SMILES string of the molecule is O=C1CC(C(F)(F)F)=NN1c1ccccc1F. The summed E-state index contributed by atoms with van der Waals surface area (Å²) in [5.41, 5.74) is -1.50. The topological polar surface area (TPSA) is 32.7 Å². The monoisotopic (exact) mass is 246 g/mol. The predicted octanol–water partition coefficient (Wildman–Crippen LogP) is 2.48. The number of hydrogen-bond acceptors (Lipinski definition) is 2. The zero-order chi connectivity index (χ0) is 12.6. The lowest BCUT2D eigenvalue weighted by molar-refractivity contribution is -0.117. The van der Waals surface area contributed by atoms with Crippen LogP contribution in [0.1, 0.15) is 6.42 Å². The minimum absolute atomic E-state index is 0.281. The van der Waals surface area contributed by atoms with Gasteiger partial charge in [0.25, 0.3) is 5.91 Å². The second kappa shape index (κ2) is 3.83. The third kappa shape index (κ3) is 2.13. The van der Waals surface area contributed by atoms with Gasteiger partial charge in [-0.1, -0.05) is 12.1 Å². The van der Waals surface area contributed by atoms with E-state index < -0.39 is 30.0 Å². The second-order valence-electron chi connectivity index (χ2n) is 3.38. The minimum atomic E-state index is -4.67. The maximum atomic E-state index is 13.3. The van der Waals surface area contributed by atoms with E-state index in [0.29, 0.717) is 5.01 Å². The number of alkyl halides is 3. The summed E-state index contributed by atoms with van der Waals surface area (Å²) in [6, 6.07) is 5.01. The van der Waals surface area contributed by atoms with E-state index in [1.165, 1.54) is 18.2 Å². The number of amides is 1. The van der Waals surface area contributed by atoms with E-state index in [1.54, 1.807) is 0 Å². The summed E-state index contributed by atoms with van der Waals surface area (Å²) in [7, 11) is 0. The van der Waals surface area contributed by atoms with E-state index in [1.807, 2.05) is 0 Å². The van der Waals surface area contributed by atoms with Crippen molar-refractivity contribution in [3.63, 3.8) is 0 Å². The fourth-order valence-corrected chi connectivity index (χ4v) is 1.40. The van der Waals surface area contributed by atoms with Gasteiger partial charge in [0, 0.05) is 0 Å². The molecule has 0 spiro atoms. The van der Waals surface area contributed by atoms with Crippen molar-refractivity contribution < 1.29 is 22.4 Å². The molecule has 0 saturated heterocycles. The lowest BCUT2D eigenvalue weighted by atomic mass is 10.2. The van der Waals surface area contributed by atoms with Crippen molar-refractivity contribution in [2.45, 2.75) is 12.6 Å². The van der Waals surface area contributed by atoms with Crippen LogP contribution in [0.3, 0.4) is 0 Å². The van der Waals surface area contributed by atoms with Gasteiger partial charge in [-0.05, 0) is 12.1 Å². The molecule has 1 aliphatic rings. The lowest BCUT2D eigenvalue weighted by Gasteiger charge is -2.11. The van der Waals surface area contributed by atoms with Gasteiger partial charge in [0.05, 0.1) is 6.42 Å². The minimum Gasteiger partial charge on any atom is -0.272 e. The first-order valence-electron chi connectivity index (χ1n) is 4.62. The number of nitrogens with zero attached hydrogens (tertiary/aromatic N) is 2. The first-order valence-corrected chi connectivity index (χ1v) is 4.62. The molecular weight excluding hydrogens is 240 g/mol. The van der Waals surface area contributed by atoms with Crippen LogP contribution in [0.25, 0.3) is 0 Å². The largest absolute Gasteiger partial charge is 0.431 e. The highest BCUT2D eigenvalue weighted by molar-refractivity contribution is 6.14. The lowest BCUT2D eigenvalue weighted by Crippen LogP contribution is -2.22. The Balaban J connectivity index is 2.38. The van der Waals surface area contributed by atoms with Crippen molar-refractivity contribution >= 4 is 17.3 Å². The summed E-state index contributed by atoms with van der Waals surface area (Å²) in [5, 5.41) is 3.55. The second-order valence-corrected chi connectivity index (χ2v) is 3.38. The summed E-state index contributed by atoms with van der Waals surface area (Å²) < 4.78 is 50.3. The molecule has 0 radical (unpaired) electrons. The molecule has 0 aromatic heterocycles. The number of hydrazone groups is 1. The maximum absolute atomic E-state index is 13.3. The number of halogens is 4. The molecule has 0 N–H and O–H groups in total. The Labute approximate surface area is 93.3 Å². The van der Waals surface area contributed by atoms with E-state index in [-0.39, 0.29) is 5.69 Å². The third-order valence-electron chi connectivity index (χ3n) is 2.18. The summed E-state index contributed by atoms with van der Waals surface area (Å²) in [6.45, 7) is 0. The molecule has 3 nitrogen and oxygen atoms in total. The number of para-hydroxylation sites is 1. The van der Waals surface area contributed by atoms with E-state index >= 15 is 0 Å². The highest BCUT2D eigenvalue weighted by Gasteiger charge is 2.43. The molecule has 17 heavy (non-hydrogen) atoms. The molecule has 90 valence electrons. The highest BCUT2D eigenvalue weighted by atomic mass is 19.4. The Kier molecular flexibility index (Phi) is 2.60. The molecular formula is C10H6F4N2O. The van der Waals surface area contributed by atoms with Crippen molar-refractivity contribution in [2.24, 2.45) is 5.10 Å². The molecule has 2 rings (SSSR count). The van der Waals surface area contributed by atoms with Gasteiger partial charge in [0.1, 0.15) is 11.5 Å².